The quantitative estimate of drug-likeness (QED) is 0.0829. The van der Waals surface area contributed by atoms with E-state index in [1.165, 1.54) is 39.0 Å². The highest BCUT2D eigenvalue weighted by molar-refractivity contribution is 6.61. The maximum Gasteiger partial charge on any atom is 0.698 e. The summed E-state index contributed by atoms with van der Waals surface area (Å²) in [5.74, 6) is 1.21. The van der Waals surface area contributed by atoms with Crippen molar-refractivity contribution in [3.05, 3.63) is 89.6 Å². The van der Waals surface area contributed by atoms with E-state index in [0.29, 0.717) is 36.3 Å². The van der Waals surface area contributed by atoms with Crippen molar-refractivity contribution in [1.29, 1.82) is 0 Å². The minimum Gasteiger partial charge on any atom is -0.493 e. The number of carbonyl (C=O) groups is 3. The van der Waals surface area contributed by atoms with Gasteiger partial charge in [-0.15, -0.1) is 0 Å². The number of ketones is 3. The van der Waals surface area contributed by atoms with Crippen LogP contribution in [0.25, 0.3) is 11.1 Å². The fraction of sp³-hybridized carbons (Fsp3) is 0.364. The molecule has 0 heterocycles. The van der Waals surface area contributed by atoms with E-state index in [1.54, 1.807) is 20.8 Å². The largest absolute Gasteiger partial charge is 0.698 e. The monoisotopic (exact) mass is 578 g/mol. The first-order valence-electron chi connectivity index (χ1n) is 13.9. The van der Waals surface area contributed by atoms with Gasteiger partial charge in [-0.3, -0.25) is 14.4 Å². The van der Waals surface area contributed by atoms with Gasteiger partial charge >= 0.3 is 8.80 Å². The van der Waals surface area contributed by atoms with E-state index in [0.717, 1.165) is 35.3 Å². The Morgan fingerprint density at radius 3 is 1.68 bits per heavy atom. The zero-order chi connectivity index (χ0) is 30.4. The molecule has 0 spiro atoms. The molecule has 2 rings (SSSR count). The highest BCUT2D eigenvalue weighted by atomic mass is 28.4. The molecule has 0 atom stereocenters. The van der Waals surface area contributed by atoms with Gasteiger partial charge in [0.1, 0.15) is 5.75 Å². The number of para-hydroxylation sites is 1. The maximum atomic E-state index is 11.8. The first kappa shape index (κ1) is 33.3. The lowest BCUT2D eigenvalue weighted by atomic mass is 9.99. The molecular formula is C33H42O7Si. The van der Waals surface area contributed by atoms with E-state index in [2.05, 4.69) is 31.2 Å². The van der Waals surface area contributed by atoms with Crippen molar-refractivity contribution in [3.8, 4) is 16.9 Å². The van der Waals surface area contributed by atoms with E-state index in [9.17, 15) is 14.4 Å². The Morgan fingerprint density at radius 2 is 1.22 bits per heavy atom. The fourth-order valence-electron chi connectivity index (χ4n) is 4.43. The zero-order valence-electron chi connectivity index (χ0n) is 25.2. The smallest absolute Gasteiger partial charge is 0.493 e. The van der Waals surface area contributed by atoms with Crippen LogP contribution < -0.4 is 4.74 Å². The summed E-state index contributed by atoms with van der Waals surface area (Å²) in [6.45, 7) is 11.7. The normalized spacial score (nSPS) is 12.5. The number of benzene rings is 2. The molecule has 0 aromatic heterocycles. The molecule has 8 heteroatoms. The third-order valence-corrected chi connectivity index (χ3v) is 8.61. The number of hydrogen-bond donors (Lipinski definition) is 0. The summed E-state index contributed by atoms with van der Waals surface area (Å²) in [7, 11) is -3.67. The number of rotatable bonds is 17. The van der Waals surface area contributed by atoms with Gasteiger partial charge in [-0.2, -0.15) is 0 Å². The minimum absolute atomic E-state index is 0.193. The van der Waals surface area contributed by atoms with Crippen LogP contribution >= 0.6 is 0 Å². The summed E-state index contributed by atoms with van der Waals surface area (Å²) >= 11 is 0. The molecule has 0 fully saturated rings. The minimum atomic E-state index is -3.67. The van der Waals surface area contributed by atoms with Crippen LogP contribution in [-0.2, 0) is 34.1 Å². The molecule has 0 aliphatic rings. The topological polar surface area (TPSA) is 88.1 Å². The van der Waals surface area contributed by atoms with Crippen LogP contribution in [0.4, 0.5) is 0 Å². The molecule has 7 nitrogen and oxygen atoms in total. The summed E-state index contributed by atoms with van der Waals surface area (Å²) in [4.78, 5) is 35.3. The van der Waals surface area contributed by atoms with Gasteiger partial charge in [0.2, 0.25) is 0 Å². The van der Waals surface area contributed by atoms with E-state index in [4.69, 9.17) is 18.0 Å². The molecule has 0 aliphatic heterocycles. The summed E-state index contributed by atoms with van der Waals surface area (Å²) in [6.07, 6.45) is 6.40. The molecule has 2 aromatic carbocycles. The molecular weight excluding hydrogens is 536 g/mol. The Morgan fingerprint density at radius 1 is 0.707 bits per heavy atom. The van der Waals surface area contributed by atoms with Gasteiger partial charge in [0.05, 0.1) is 29.9 Å². The molecule has 41 heavy (non-hydrogen) atoms. The average Bonchev–Trinajstić information content (AvgIpc) is 2.86. The lowest BCUT2D eigenvalue weighted by Crippen LogP contribution is -2.45. The van der Waals surface area contributed by atoms with Crippen molar-refractivity contribution in [2.24, 2.45) is 0 Å². The molecule has 0 bridgehead atoms. The third kappa shape index (κ3) is 11.6. The molecule has 2 aromatic rings. The summed E-state index contributed by atoms with van der Waals surface area (Å²) in [5, 5.41) is 0. The zero-order valence-corrected chi connectivity index (χ0v) is 26.2. The lowest BCUT2D eigenvalue weighted by molar-refractivity contribution is -0.113. The number of aryl methyl sites for hydroxylation is 1. The van der Waals surface area contributed by atoms with Gasteiger partial charge in [-0.25, -0.2) is 0 Å². The second kappa shape index (κ2) is 16.4. The van der Waals surface area contributed by atoms with Gasteiger partial charge in [-0.05, 0) is 65.5 Å². The highest BCUT2D eigenvalue weighted by Crippen LogP contribution is 2.35. The van der Waals surface area contributed by atoms with Gasteiger partial charge < -0.3 is 18.0 Å². The van der Waals surface area contributed by atoms with Crippen LogP contribution in [0.2, 0.25) is 6.04 Å². The molecule has 0 amide bonds. The maximum absolute atomic E-state index is 11.8. The van der Waals surface area contributed by atoms with Gasteiger partial charge in [0.25, 0.3) is 0 Å². The SMILES string of the molecule is CCCc1cccc(-c2ccccc2)c1OCCC[Si](O/C(C)=C\C(C)=O)(O/C(C)=C/C(C)=O)O/C(C)=C/C(C)=O. The molecule has 0 unspecified atom stereocenters. The molecule has 0 saturated carbocycles. The molecule has 220 valence electrons. The van der Waals surface area contributed by atoms with E-state index < -0.39 is 8.80 Å². The van der Waals surface area contributed by atoms with Gasteiger partial charge in [0.15, 0.2) is 17.3 Å². The van der Waals surface area contributed by atoms with Crippen LogP contribution in [0.15, 0.2) is 84.0 Å². The first-order valence-corrected chi connectivity index (χ1v) is 15.8. The molecule has 0 N–H and O–H groups in total. The predicted octanol–water partition coefficient (Wildman–Crippen LogP) is 7.54. The Hall–Kier alpha value is -3.91. The molecule has 0 radical (unpaired) electrons. The summed E-state index contributed by atoms with van der Waals surface area (Å²) in [6, 6.07) is 16.6. The summed E-state index contributed by atoms with van der Waals surface area (Å²) < 4.78 is 25.1. The number of ether oxygens (including phenoxy) is 1. The Balaban J connectivity index is 2.41. The average molecular weight is 579 g/mol. The van der Waals surface area contributed by atoms with E-state index >= 15 is 0 Å². The number of carbonyl (C=O) groups excluding carboxylic acids is 3. The number of allylic oxidation sites excluding steroid dienone is 6. The van der Waals surface area contributed by atoms with Crippen LogP contribution in [0.1, 0.15) is 66.9 Å². The number of hydrogen-bond acceptors (Lipinski definition) is 7. The van der Waals surface area contributed by atoms with E-state index in [1.807, 2.05) is 24.3 Å². The lowest BCUT2D eigenvalue weighted by Gasteiger charge is -2.31. The summed E-state index contributed by atoms with van der Waals surface area (Å²) in [5.41, 5.74) is 3.21. The van der Waals surface area contributed by atoms with Crippen LogP contribution in [0, 0.1) is 0 Å². The van der Waals surface area contributed by atoms with E-state index in [-0.39, 0.29) is 17.3 Å². The molecule has 0 saturated heterocycles. The second-order valence-electron chi connectivity index (χ2n) is 9.95. The van der Waals surface area contributed by atoms with Crippen LogP contribution in [0.3, 0.4) is 0 Å². The highest BCUT2D eigenvalue weighted by Gasteiger charge is 2.49. The van der Waals surface area contributed by atoms with Crippen molar-refractivity contribution >= 4 is 26.2 Å². The standard InChI is InChI=1S/C33H42O7Si/c1-8-14-31-17-12-18-32(30-15-10-9-11-16-30)33(31)37-19-13-20-41(38-27(5)21-24(2)34,39-28(6)22-25(3)35)40-29(7)23-26(4)36/h9-12,15-18,21-23H,8,13-14,19-20H2,1-7H3/b27-21-,28-22+,29-23+. The Kier molecular flexibility index (Phi) is 13.3. The van der Waals surface area contributed by atoms with Crippen molar-refractivity contribution in [2.45, 2.75) is 73.8 Å². The Bertz CT molecular complexity index is 1210. The molecule has 0 aliphatic carbocycles. The Labute approximate surface area is 245 Å². The van der Waals surface area contributed by atoms with Crippen molar-refractivity contribution < 1.29 is 32.4 Å². The van der Waals surface area contributed by atoms with Crippen molar-refractivity contribution in [1.82, 2.24) is 0 Å². The van der Waals surface area contributed by atoms with Crippen molar-refractivity contribution in [2.75, 3.05) is 6.61 Å². The fourth-order valence-corrected chi connectivity index (χ4v) is 7.08. The van der Waals surface area contributed by atoms with Crippen LogP contribution in [0.5, 0.6) is 5.75 Å². The first-order chi connectivity index (χ1) is 19.4. The van der Waals surface area contributed by atoms with Gasteiger partial charge in [-0.1, -0.05) is 61.9 Å². The second-order valence-corrected chi connectivity index (χ2v) is 12.4. The van der Waals surface area contributed by atoms with Crippen molar-refractivity contribution in [3.63, 3.8) is 0 Å². The van der Waals surface area contributed by atoms with Gasteiger partial charge in [0, 0.05) is 23.8 Å². The third-order valence-electron chi connectivity index (χ3n) is 5.74. The predicted molar refractivity (Wildman–Crippen MR) is 163 cm³/mol. The van der Waals surface area contributed by atoms with Crippen LogP contribution in [-0.4, -0.2) is 32.8 Å².